The van der Waals surface area contributed by atoms with Crippen LogP contribution in [0.15, 0.2) is 54.7 Å². The quantitative estimate of drug-likeness (QED) is 0.508. The lowest BCUT2D eigenvalue weighted by Gasteiger charge is -2.22. The van der Waals surface area contributed by atoms with E-state index in [-0.39, 0.29) is 5.69 Å². The fourth-order valence-electron chi connectivity index (χ4n) is 4.05. The zero-order chi connectivity index (χ0) is 24.3. The summed E-state index contributed by atoms with van der Waals surface area (Å²) in [5.41, 5.74) is -0.258. The lowest BCUT2D eigenvalue weighted by molar-refractivity contribution is -0.143. The Hall–Kier alpha value is -3.04. The van der Waals surface area contributed by atoms with Gasteiger partial charge in [0.15, 0.2) is 5.69 Å². The van der Waals surface area contributed by atoms with Crippen molar-refractivity contribution in [3.63, 3.8) is 0 Å². The molecule has 0 atom stereocenters. The number of ether oxygens (including phenoxy) is 1. The number of aromatic nitrogens is 2. The molecule has 0 radical (unpaired) electrons. The summed E-state index contributed by atoms with van der Waals surface area (Å²) < 4.78 is 47.9. The van der Waals surface area contributed by atoms with Crippen LogP contribution in [0.25, 0.3) is 5.69 Å². The molecule has 0 N–H and O–H groups in total. The molecular formula is C24H24ClF3N4O2. The number of benzene rings is 2. The van der Waals surface area contributed by atoms with Crippen molar-refractivity contribution >= 4 is 17.5 Å². The van der Waals surface area contributed by atoms with E-state index in [1.165, 1.54) is 29.2 Å². The SMILES string of the molecule is COc1ccc(CN2CCCN(C(=O)c3cnn(-c4ccc(Cl)cc4)c3C(F)(F)F)CC2)cc1. The van der Waals surface area contributed by atoms with Crippen molar-refractivity contribution in [3.8, 4) is 11.4 Å². The van der Waals surface area contributed by atoms with Gasteiger partial charge < -0.3 is 9.64 Å². The molecule has 1 fully saturated rings. The molecule has 0 unspecified atom stereocenters. The molecular weight excluding hydrogens is 469 g/mol. The van der Waals surface area contributed by atoms with E-state index in [1.807, 2.05) is 24.3 Å². The van der Waals surface area contributed by atoms with Crippen molar-refractivity contribution in [1.29, 1.82) is 0 Å². The van der Waals surface area contributed by atoms with Crippen molar-refractivity contribution in [3.05, 3.63) is 76.6 Å². The van der Waals surface area contributed by atoms with Crippen LogP contribution in [0.3, 0.4) is 0 Å². The third-order valence-corrected chi connectivity index (χ3v) is 6.03. The van der Waals surface area contributed by atoms with E-state index in [2.05, 4.69) is 10.00 Å². The summed E-state index contributed by atoms with van der Waals surface area (Å²) in [4.78, 5) is 16.8. The molecule has 6 nitrogen and oxygen atoms in total. The van der Waals surface area contributed by atoms with Crippen LogP contribution in [0.1, 0.15) is 28.0 Å². The van der Waals surface area contributed by atoms with Crippen LogP contribution < -0.4 is 4.74 Å². The monoisotopic (exact) mass is 492 g/mol. The highest BCUT2D eigenvalue weighted by atomic mass is 35.5. The Morgan fingerprint density at radius 3 is 2.38 bits per heavy atom. The molecule has 1 saturated heterocycles. The van der Waals surface area contributed by atoms with Gasteiger partial charge in [0, 0.05) is 37.7 Å². The first-order valence-corrected chi connectivity index (χ1v) is 11.2. The van der Waals surface area contributed by atoms with E-state index < -0.39 is 23.3 Å². The summed E-state index contributed by atoms with van der Waals surface area (Å²) in [5, 5.41) is 4.29. The smallest absolute Gasteiger partial charge is 0.434 e. The molecule has 180 valence electrons. The zero-order valence-corrected chi connectivity index (χ0v) is 19.3. The largest absolute Gasteiger partial charge is 0.497 e. The van der Waals surface area contributed by atoms with Gasteiger partial charge in [-0.25, -0.2) is 4.68 Å². The maximum Gasteiger partial charge on any atom is 0.434 e. The molecule has 1 aliphatic heterocycles. The molecule has 34 heavy (non-hydrogen) atoms. The van der Waals surface area contributed by atoms with Crippen LogP contribution in [0.4, 0.5) is 13.2 Å². The maximum absolute atomic E-state index is 14.0. The van der Waals surface area contributed by atoms with E-state index in [0.29, 0.717) is 37.6 Å². The molecule has 10 heteroatoms. The van der Waals surface area contributed by atoms with Crippen molar-refractivity contribution in [2.75, 3.05) is 33.3 Å². The van der Waals surface area contributed by atoms with Crippen LogP contribution >= 0.6 is 11.6 Å². The Kier molecular flexibility index (Phi) is 7.13. The summed E-state index contributed by atoms with van der Waals surface area (Å²) in [5.74, 6) is 0.106. The highest BCUT2D eigenvalue weighted by molar-refractivity contribution is 6.30. The van der Waals surface area contributed by atoms with Gasteiger partial charge in [0.05, 0.1) is 24.6 Å². The van der Waals surface area contributed by atoms with Gasteiger partial charge >= 0.3 is 6.18 Å². The van der Waals surface area contributed by atoms with Gasteiger partial charge in [-0.2, -0.15) is 18.3 Å². The number of carbonyl (C=O) groups is 1. The molecule has 4 rings (SSSR count). The van der Waals surface area contributed by atoms with E-state index in [9.17, 15) is 18.0 Å². The van der Waals surface area contributed by atoms with Crippen molar-refractivity contribution < 1.29 is 22.7 Å². The van der Waals surface area contributed by atoms with Gasteiger partial charge in [0.2, 0.25) is 0 Å². The lowest BCUT2D eigenvalue weighted by Crippen LogP contribution is -2.36. The number of hydrogen-bond donors (Lipinski definition) is 0. The van der Waals surface area contributed by atoms with Crippen LogP contribution in [-0.4, -0.2) is 58.8 Å². The number of halogens is 4. The zero-order valence-electron chi connectivity index (χ0n) is 18.6. The minimum Gasteiger partial charge on any atom is -0.497 e. The molecule has 1 amide bonds. The first kappa shape index (κ1) is 24.1. The fraction of sp³-hybridized carbons (Fsp3) is 0.333. The molecule has 1 aromatic heterocycles. The van der Waals surface area contributed by atoms with Gasteiger partial charge in [0.1, 0.15) is 5.75 Å². The van der Waals surface area contributed by atoms with Gasteiger partial charge in [0.25, 0.3) is 5.91 Å². The topological polar surface area (TPSA) is 50.6 Å². The Balaban J connectivity index is 1.50. The molecule has 1 aliphatic rings. The number of nitrogens with zero attached hydrogens (tertiary/aromatic N) is 4. The molecule has 0 bridgehead atoms. The predicted molar refractivity (Wildman–Crippen MR) is 122 cm³/mol. The van der Waals surface area contributed by atoms with Crippen LogP contribution in [0, 0.1) is 0 Å². The third kappa shape index (κ3) is 5.37. The summed E-state index contributed by atoms with van der Waals surface area (Å²) in [6.07, 6.45) is -3.10. The summed E-state index contributed by atoms with van der Waals surface area (Å²) in [6, 6.07) is 13.6. The average Bonchev–Trinajstić information content (AvgIpc) is 3.15. The van der Waals surface area contributed by atoms with Crippen molar-refractivity contribution in [2.24, 2.45) is 0 Å². The van der Waals surface area contributed by atoms with Crippen molar-refractivity contribution in [2.45, 2.75) is 19.1 Å². The predicted octanol–water partition coefficient (Wildman–Crippen LogP) is 4.90. The minimum atomic E-state index is -4.76. The molecule has 2 heterocycles. The highest BCUT2D eigenvalue weighted by Gasteiger charge is 2.41. The van der Waals surface area contributed by atoms with Gasteiger partial charge in [-0.05, 0) is 48.4 Å². The van der Waals surface area contributed by atoms with Crippen LogP contribution in [0.2, 0.25) is 5.02 Å². The van der Waals surface area contributed by atoms with Gasteiger partial charge in [-0.3, -0.25) is 9.69 Å². The molecule has 0 saturated carbocycles. The molecule has 0 spiro atoms. The first-order chi connectivity index (χ1) is 16.3. The number of alkyl halides is 3. The number of hydrogen-bond acceptors (Lipinski definition) is 4. The second kappa shape index (κ2) is 10.1. The number of carbonyl (C=O) groups excluding carboxylic acids is 1. The Morgan fingerprint density at radius 1 is 1.03 bits per heavy atom. The number of rotatable bonds is 5. The van der Waals surface area contributed by atoms with E-state index in [4.69, 9.17) is 16.3 Å². The average molecular weight is 493 g/mol. The Labute approximate surface area is 200 Å². The maximum atomic E-state index is 14.0. The van der Waals surface area contributed by atoms with E-state index in [1.54, 1.807) is 7.11 Å². The number of methoxy groups -OCH3 is 1. The van der Waals surface area contributed by atoms with E-state index in [0.717, 1.165) is 28.7 Å². The van der Waals surface area contributed by atoms with Crippen LogP contribution in [-0.2, 0) is 12.7 Å². The summed E-state index contributed by atoms with van der Waals surface area (Å²) in [6.45, 7) is 2.70. The standard InChI is InChI=1S/C24H24ClF3N4O2/c1-34-20-9-3-17(4-10-20)16-30-11-2-12-31(14-13-30)23(33)21-15-29-32(22(21)24(26,27)28)19-7-5-18(25)6-8-19/h3-10,15H,2,11-14,16H2,1H3. The summed E-state index contributed by atoms with van der Waals surface area (Å²) in [7, 11) is 1.61. The Bertz CT molecular complexity index is 1130. The first-order valence-electron chi connectivity index (χ1n) is 10.8. The molecule has 0 aliphatic carbocycles. The van der Waals surface area contributed by atoms with E-state index >= 15 is 0 Å². The second-order valence-electron chi connectivity index (χ2n) is 8.06. The Morgan fingerprint density at radius 2 is 1.74 bits per heavy atom. The fourth-order valence-corrected chi connectivity index (χ4v) is 4.17. The van der Waals surface area contributed by atoms with Crippen LogP contribution in [0.5, 0.6) is 5.75 Å². The number of amides is 1. The van der Waals surface area contributed by atoms with Gasteiger partial charge in [-0.1, -0.05) is 23.7 Å². The minimum absolute atomic E-state index is 0.178. The van der Waals surface area contributed by atoms with Crippen molar-refractivity contribution in [1.82, 2.24) is 19.6 Å². The lowest BCUT2D eigenvalue weighted by atomic mass is 10.2. The summed E-state index contributed by atoms with van der Waals surface area (Å²) >= 11 is 5.86. The van der Waals surface area contributed by atoms with Gasteiger partial charge in [-0.15, -0.1) is 0 Å². The third-order valence-electron chi connectivity index (χ3n) is 5.78. The normalized spacial score (nSPS) is 15.3. The molecule has 3 aromatic rings. The highest BCUT2D eigenvalue weighted by Crippen LogP contribution is 2.34. The molecule has 2 aromatic carbocycles. The second-order valence-corrected chi connectivity index (χ2v) is 8.50.